The summed E-state index contributed by atoms with van der Waals surface area (Å²) < 4.78 is 0. The first kappa shape index (κ1) is 10.0. The Bertz CT molecular complexity index is 284. The summed E-state index contributed by atoms with van der Waals surface area (Å²) in [6.45, 7) is 6.47. The largest absolute Gasteiger partial charge is 0.0914 e. The molecular formula is C13H18. The fraction of sp³-hybridized carbons (Fsp3) is 0.385. The first-order valence-electron chi connectivity index (χ1n) is 4.90. The molecule has 0 saturated carbocycles. The van der Waals surface area contributed by atoms with Crippen LogP contribution in [0.2, 0.25) is 0 Å². The van der Waals surface area contributed by atoms with Crippen molar-refractivity contribution in [2.24, 2.45) is 5.92 Å². The van der Waals surface area contributed by atoms with E-state index in [2.05, 4.69) is 57.2 Å². The highest BCUT2D eigenvalue weighted by Crippen LogP contribution is 2.11. The van der Waals surface area contributed by atoms with Crippen LogP contribution in [0.3, 0.4) is 0 Å². The third kappa shape index (κ3) is 3.45. The van der Waals surface area contributed by atoms with E-state index in [0.29, 0.717) is 5.92 Å². The summed E-state index contributed by atoms with van der Waals surface area (Å²) in [5.74, 6) is 0.645. The van der Waals surface area contributed by atoms with Gasteiger partial charge in [-0.3, -0.25) is 0 Å². The van der Waals surface area contributed by atoms with Gasteiger partial charge in [-0.1, -0.05) is 48.9 Å². The van der Waals surface area contributed by atoms with Gasteiger partial charge in [0, 0.05) is 0 Å². The lowest BCUT2D eigenvalue weighted by atomic mass is 9.99. The number of hydrogen-bond acceptors (Lipinski definition) is 0. The summed E-state index contributed by atoms with van der Waals surface area (Å²) in [6, 6.07) is 8.74. The first-order chi connectivity index (χ1) is 6.22. The van der Waals surface area contributed by atoms with Crippen molar-refractivity contribution in [2.45, 2.75) is 27.2 Å². The van der Waals surface area contributed by atoms with Crippen molar-refractivity contribution in [1.82, 2.24) is 0 Å². The van der Waals surface area contributed by atoms with Crippen LogP contribution in [-0.4, -0.2) is 0 Å². The lowest BCUT2D eigenvalue weighted by molar-refractivity contribution is 0.722. The van der Waals surface area contributed by atoms with Gasteiger partial charge < -0.3 is 0 Å². The lowest BCUT2D eigenvalue weighted by Gasteiger charge is -2.06. The zero-order valence-corrected chi connectivity index (χ0v) is 8.75. The van der Waals surface area contributed by atoms with Gasteiger partial charge in [-0.2, -0.15) is 0 Å². The normalized spacial score (nSPS) is 13.5. The van der Waals surface area contributed by atoms with Crippen molar-refractivity contribution in [3.8, 4) is 0 Å². The van der Waals surface area contributed by atoms with Gasteiger partial charge in [0.05, 0.1) is 0 Å². The van der Waals surface area contributed by atoms with Crippen LogP contribution in [0.25, 0.3) is 0 Å². The standard InChI is InChI=1S/C13H18/c1-4-6-11(2)9-13-8-5-7-12(3)10-13/h4-8,10-11H,9H2,1-3H3/b6-4+/t11-/m0/s1. The minimum Gasteiger partial charge on any atom is -0.0914 e. The molecule has 1 rings (SSSR count). The summed E-state index contributed by atoms with van der Waals surface area (Å²) in [5, 5.41) is 0. The Hall–Kier alpha value is -1.04. The van der Waals surface area contributed by atoms with Crippen molar-refractivity contribution < 1.29 is 0 Å². The Morgan fingerprint density at radius 2 is 2.15 bits per heavy atom. The second-order valence-electron chi connectivity index (χ2n) is 3.70. The number of allylic oxidation sites excluding steroid dienone is 2. The summed E-state index contributed by atoms with van der Waals surface area (Å²) in [6.07, 6.45) is 5.52. The van der Waals surface area contributed by atoms with Gasteiger partial charge in [-0.25, -0.2) is 0 Å². The zero-order chi connectivity index (χ0) is 9.68. The summed E-state index contributed by atoms with van der Waals surface area (Å²) >= 11 is 0. The number of rotatable bonds is 3. The maximum atomic E-state index is 2.26. The molecule has 0 radical (unpaired) electrons. The van der Waals surface area contributed by atoms with Crippen LogP contribution < -0.4 is 0 Å². The van der Waals surface area contributed by atoms with Crippen molar-refractivity contribution in [3.05, 3.63) is 47.5 Å². The predicted octanol–water partition coefficient (Wildman–Crippen LogP) is 3.75. The van der Waals surface area contributed by atoms with Gasteiger partial charge >= 0.3 is 0 Å². The maximum Gasteiger partial charge on any atom is -0.0218 e. The Labute approximate surface area is 81.3 Å². The fourth-order valence-corrected chi connectivity index (χ4v) is 1.61. The number of hydrogen-bond donors (Lipinski definition) is 0. The van der Waals surface area contributed by atoms with E-state index in [1.54, 1.807) is 0 Å². The van der Waals surface area contributed by atoms with E-state index in [0.717, 1.165) is 6.42 Å². The highest BCUT2D eigenvalue weighted by Gasteiger charge is 1.98. The van der Waals surface area contributed by atoms with Crippen molar-refractivity contribution >= 4 is 0 Å². The second kappa shape index (κ2) is 4.86. The smallest absolute Gasteiger partial charge is 0.0218 e. The van der Waals surface area contributed by atoms with E-state index in [9.17, 15) is 0 Å². The Morgan fingerprint density at radius 1 is 1.38 bits per heavy atom. The van der Waals surface area contributed by atoms with E-state index in [1.165, 1.54) is 11.1 Å². The first-order valence-corrected chi connectivity index (χ1v) is 4.90. The molecule has 0 aliphatic rings. The molecule has 0 N–H and O–H groups in total. The average molecular weight is 174 g/mol. The summed E-state index contributed by atoms with van der Waals surface area (Å²) in [7, 11) is 0. The molecule has 1 aromatic rings. The molecule has 0 fully saturated rings. The second-order valence-corrected chi connectivity index (χ2v) is 3.70. The SMILES string of the molecule is C/C=C/[C@H](C)Cc1cccc(C)c1. The Kier molecular flexibility index (Phi) is 3.75. The highest BCUT2D eigenvalue weighted by molar-refractivity contribution is 5.22. The molecule has 1 atom stereocenters. The zero-order valence-electron chi connectivity index (χ0n) is 8.75. The summed E-state index contributed by atoms with van der Waals surface area (Å²) in [5.41, 5.74) is 2.79. The molecule has 0 nitrogen and oxygen atoms in total. The van der Waals surface area contributed by atoms with Gasteiger partial charge in [0.2, 0.25) is 0 Å². The van der Waals surface area contributed by atoms with E-state index >= 15 is 0 Å². The minimum absolute atomic E-state index is 0.645. The molecule has 0 aliphatic heterocycles. The molecule has 0 aliphatic carbocycles. The summed E-state index contributed by atoms with van der Waals surface area (Å²) in [4.78, 5) is 0. The minimum atomic E-state index is 0.645. The molecule has 0 spiro atoms. The molecule has 0 saturated heterocycles. The molecule has 0 aromatic heterocycles. The molecule has 13 heavy (non-hydrogen) atoms. The number of aryl methyl sites for hydroxylation is 1. The van der Waals surface area contributed by atoms with E-state index in [-0.39, 0.29) is 0 Å². The van der Waals surface area contributed by atoms with Crippen LogP contribution in [0, 0.1) is 12.8 Å². The monoisotopic (exact) mass is 174 g/mol. The Morgan fingerprint density at radius 3 is 2.77 bits per heavy atom. The molecule has 0 heterocycles. The third-order valence-electron chi connectivity index (χ3n) is 2.16. The highest BCUT2D eigenvalue weighted by atomic mass is 14.0. The molecule has 70 valence electrons. The molecule has 1 aromatic carbocycles. The van der Waals surface area contributed by atoms with Crippen LogP contribution in [0.15, 0.2) is 36.4 Å². The topological polar surface area (TPSA) is 0 Å². The van der Waals surface area contributed by atoms with Gasteiger partial charge in [0.1, 0.15) is 0 Å². The quantitative estimate of drug-likeness (QED) is 0.612. The lowest BCUT2D eigenvalue weighted by Crippen LogP contribution is -1.95. The van der Waals surface area contributed by atoms with Gasteiger partial charge in [-0.05, 0) is 31.7 Å². The predicted molar refractivity (Wildman–Crippen MR) is 58.9 cm³/mol. The maximum absolute atomic E-state index is 2.26. The Balaban J connectivity index is 2.63. The van der Waals surface area contributed by atoms with E-state index in [4.69, 9.17) is 0 Å². The van der Waals surface area contributed by atoms with E-state index < -0.39 is 0 Å². The van der Waals surface area contributed by atoms with Gasteiger partial charge in [0.25, 0.3) is 0 Å². The molecule has 0 amide bonds. The molecule has 0 unspecified atom stereocenters. The molecule has 0 bridgehead atoms. The van der Waals surface area contributed by atoms with Gasteiger partial charge in [0.15, 0.2) is 0 Å². The van der Waals surface area contributed by atoms with Crippen molar-refractivity contribution in [2.75, 3.05) is 0 Å². The fourth-order valence-electron chi connectivity index (χ4n) is 1.61. The van der Waals surface area contributed by atoms with Crippen LogP contribution in [0.4, 0.5) is 0 Å². The van der Waals surface area contributed by atoms with E-state index in [1.807, 2.05) is 0 Å². The van der Waals surface area contributed by atoms with Crippen LogP contribution in [0.5, 0.6) is 0 Å². The van der Waals surface area contributed by atoms with Crippen molar-refractivity contribution in [1.29, 1.82) is 0 Å². The van der Waals surface area contributed by atoms with Crippen LogP contribution >= 0.6 is 0 Å². The average Bonchev–Trinajstić information content (AvgIpc) is 2.04. The van der Waals surface area contributed by atoms with Crippen LogP contribution in [-0.2, 0) is 6.42 Å². The van der Waals surface area contributed by atoms with Crippen molar-refractivity contribution in [3.63, 3.8) is 0 Å². The number of benzene rings is 1. The van der Waals surface area contributed by atoms with Gasteiger partial charge in [-0.15, -0.1) is 0 Å². The van der Waals surface area contributed by atoms with Crippen LogP contribution in [0.1, 0.15) is 25.0 Å². The molecule has 0 heteroatoms. The molecular weight excluding hydrogens is 156 g/mol. The third-order valence-corrected chi connectivity index (χ3v) is 2.16.